The van der Waals surface area contributed by atoms with Gasteiger partial charge in [0, 0.05) is 24.3 Å². The first-order valence-electron chi connectivity index (χ1n) is 9.30. The van der Waals surface area contributed by atoms with Crippen LogP contribution < -0.4 is 5.32 Å². The summed E-state index contributed by atoms with van der Waals surface area (Å²) in [6.45, 7) is 3.26. The smallest absolute Gasteiger partial charge is 0.243 e. The molecule has 1 saturated heterocycles. The minimum atomic E-state index is -3.41. The van der Waals surface area contributed by atoms with Crippen molar-refractivity contribution >= 4 is 32.2 Å². The van der Waals surface area contributed by atoms with Crippen LogP contribution in [0.4, 0.5) is 10.8 Å². The van der Waals surface area contributed by atoms with Gasteiger partial charge in [0.1, 0.15) is 5.01 Å². The van der Waals surface area contributed by atoms with Crippen LogP contribution in [0.5, 0.6) is 0 Å². The summed E-state index contributed by atoms with van der Waals surface area (Å²) in [4.78, 5) is 0.331. The molecule has 0 atom stereocenters. The van der Waals surface area contributed by atoms with Crippen LogP contribution in [0.15, 0.2) is 53.4 Å². The minimum Gasteiger partial charge on any atom is -0.330 e. The highest BCUT2D eigenvalue weighted by Gasteiger charge is 2.25. The number of sulfonamides is 1. The third-order valence-electron chi connectivity index (χ3n) is 4.75. The van der Waals surface area contributed by atoms with E-state index in [9.17, 15) is 8.42 Å². The molecular weight excluding hydrogens is 392 g/mol. The Morgan fingerprint density at radius 3 is 2.46 bits per heavy atom. The van der Waals surface area contributed by atoms with Gasteiger partial charge in [-0.3, -0.25) is 0 Å². The molecule has 1 N–H and O–H groups in total. The Balaban J connectivity index is 1.48. The van der Waals surface area contributed by atoms with Crippen LogP contribution in [0.25, 0.3) is 10.6 Å². The molecule has 146 valence electrons. The van der Waals surface area contributed by atoms with E-state index >= 15 is 0 Å². The van der Waals surface area contributed by atoms with E-state index in [1.165, 1.54) is 16.9 Å². The minimum absolute atomic E-state index is 0.331. The number of benzene rings is 2. The van der Waals surface area contributed by atoms with Crippen LogP contribution in [0, 0.1) is 6.92 Å². The number of aromatic nitrogens is 2. The first kappa shape index (κ1) is 19.0. The van der Waals surface area contributed by atoms with Gasteiger partial charge >= 0.3 is 0 Å². The van der Waals surface area contributed by atoms with Gasteiger partial charge in [-0.15, -0.1) is 10.2 Å². The number of aryl methyl sites for hydroxylation is 1. The lowest BCUT2D eigenvalue weighted by Crippen LogP contribution is -2.35. The van der Waals surface area contributed by atoms with Gasteiger partial charge in [0.05, 0.1) is 4.90 Å². The van der Waals surface area contributed by atoms with Crippen LogP contribution in [-0.2, 0) is 10.0 Å². The number of nitrogens with one attached hydrogen (secondary N) is 1. The maximum absolute atomic E-state index is 12.7. The fraction of sp³-hybridized carbons (Fsp3) is 0.300. The number of anilines is 2. The molecule has 0 unspecified atom stereocenters. The van der Waals surface area contributed by atoms with Gasteiger partial charge in [-0.25, -0.2) is 8.42 Å². The maximum atomic E-state index is 12.7. The zero-order chi connectivity index (χ0) is 19.6. The highest BCUT2D eigenvalue weighted by molar-refractivity contribution is 7.89. The Morgan fingerprint density at radius 2 is 1.75 bits per heavy atom. The molecule has 0 amide bonds. The van der Waals surface area contributed by atoms with Crippen LogP contribution in [0.1, 0.15) is 24.8 Å². The molecule has 0 radical (unpaired) electrons. The Morgan fingerprint density at radius 1 is 1.00 bits per heavy atom. The monoisotopic (exact) mass is 414 g/mol. The molecule has 0 saturated carbocycles. The van der Waals surface area contributed by atoms with E-state index in [1.54, 1.807) is 28.6 Å². The summed E-state index contributed by atoms with van der Waals surface area (Å²) in [5, 5.41) is 13.2. The second-order valence-corrected chi connectivity index (χ2v) is 9.81. The van der Waals surface area contributed by atoms with Crippen LogP contribution in [0.3, 0.4) is 0 Å². The van der Waals surface area contributed by atoms with Crippen molar-refractivity contribution in [1.82, 2.24) is 14.5 Å². The SMILES string of the molecule is Cc1cccc(-c2nnc(Nc3ccc(S(=O)(=O)N4CCCCC4)cc3)s2)c1. The quantitative estimate of drug-likeness (QED) is 0.668. The summed E-state index contributed by atoms with van der Waals surface area (Å²) in [5.41, 5.74) is 2.99. The number of hydrogen-bond donors (Lipinski definition) is 1. The summed E-state index contributed by atoms with van der Waals surface area (Å²) in [6.07, 6.45) is 2.96. The molecule has 1 aliphatic rings. The maximum Gasteiger partial charge on any atom is 0.243 e. The van der Waals surface area contributed by atoms with E-state index in [2.05, 4.69) is 21.6 Å². The van der Waals surface area contributed by atoms with Crippen molar-refractivity contribution in [3.63, 3.8) is 0 Å². The van der Waals surface area contributed by atoms with Crippen LogP contribution in [0.2, 0.25) is 0 Å². The molecule has 28 heavy (non-hydrogen) atoms. The molecule has 2 aromatic carbocycles. The van der Waals surface area contributed by atoms with Crippen molar-refractivity contribution < 1.29 is 8.42 Å². The lowest BCUT2D eigenvalue weighted by molar-refractivity contribution is 0.346. The van der Waals surface area contributed by atoms with Gasteiger partial charge < -0.3 is 5.32 Å². The third-order valence-corrected chi connectivity index (χ3v) is 7.55. The third kappa shape index (κ3) is 4.09. The molecule has 1 aromatic heterocycles. The summed E-state index contributed by atoms with van der Waals surface area (Å²) in [5.74, 6) is 0. The zero-order valence-electron chi connectivity index (χ0n) is 15.6. The molecule has 8 heteroatoms. The van der Waals surface area contributed by atoms with E-state index in [-0.39, 0.29) is 0 Å². The molecule has 4 rings (SSSR count). The molecule has 2 heterocycles. The molecule has 1 fully saturated rings. The molecular formula is C20H22N4O2S2. The Kier molecular flexibility index (Phi) is 5.43. The Labute approximate surface area is 169 Å². The van der Waals surface area contributed by atoms with Gasteiger partial charge in [0.15, 0.2) is 0 Å². The molecule has 0 bridgehead atoms. The van der Waals surface area contributed by atoms with Crippen molar-refractivity contribution in [3.05, 3.63) is 54.1 Å². The molecule has 0 spiro atoms. The fourth-order valence-electron chi connectivity index (χ4n) is 3.26. The van der Waals surface area contributed by atoms with E-state index in [4.69, 9.17) is 0 Å². The van der Waals surface area contributed by atoms with Gasteiger partial charge in [0.25, 0.3) is 0 Å². The number of hydrogen-bond acceptors (Lipinski definition) is 6. The Hall–Kier alpha value is -2.29. The highest BCUT2D eigenvalue weighted by Crippen LogP contribution is 2.29. The van der Waals surface area contributed by atoms with E-state index in [1.807, 2.05) is 25.1 Å². The van der Waals surface area contributed by atoms with Gasteiger partial charge in [-0.2, -0.15) is 4.31 Å². The lowest BCUT2D eigenvalue weighted by atomic mass is 10.1. The van der Waals surface area contributed by atoms with Crippen molar-refractivity contribution in [2.45, 2.75) is 31.1 Å². The normalized spacial score (nSPS) is 15.5. The summed E-state index contributed by atoms with van der Waals surface area (Å²) in [6, 6.07) is 15.0. The van der Waals surface area contributed by atoms with Gasteiger partial charge in [0.2, 0.25) is 15.2 Å². The highest BCUT2D eigenvalue weighted by atomic mass is 32.2. The topological polar surface area (TPSA) is 75.2 Å². The molecule has 6 nitrogen and oxygen atoms in total. The van der Waals surface area contributed by atoms with Crippen LogP contribution in [-0.4, -0.2) is 36.0 Å². The number of piperidine rings is 1. The zero-order valence-corrected chi connectivity index (χ0v) is 17.3. The molecule has 1 aliphatic heterocycles. The van der Waals surface area contributed by atoms with Gasteiger partial charge in [-0.05, 0) is 50.1 Å². The summed E-state index contributed by atoms with van der Waals surface area (Å²) >= 11 is 1.46. The van der Waals surface area contributed by atoms with E-state index in [0.717, 1.165) is 35.5 Å². The van der Waals surface area contributed by atoms with E-state index < -0.39 is 10.0 Å². The van der Waals surface area contributed by atoms with Crippen molar-refractivity contribution in [3.8, 4) is 10.6 Å². The van der Waals surface area contributed by atoms with Gasteiger partial charge in [-0.1, -0.05) is 41.5 Å². The average Bonchev–Trinajstić information content (AvgIpc) is 3.18. The first-order chi connectivity index (χ1) is 13.5. The first-order valence-corrected chi connectivity index (χ1v) is 11.6. The Bertz CT molecular complexity index is 1060. The summed E-state index contributed by atoms with van der Waals surface area (Å²) in [7, 11) is -3.41. The second-order valence-electron chi connectivity index (χ2n) is 6.90. The van der Waals surface area contributed by atoms with E-state index in [0.29, 0.717) is 23.1 Å². The largest absolute Gasteiger partial charge is 0.330 e. The number of nitrogens with zero attached hydrogens (tertiary/aromatic N) is 3. The molecule has 0 aliphatic carbocycles. The fourth-order valence-corrected chi connectivity index (χ4v) is 5.53. The predicted octanol–water partition coefficient (Wildman–Crippen LogP) is 4.43. The standard InChI is InChI=1S/C20H22N4O2S2/c1-15-6-5-7-16(14-15)19-22-23-20(27-19)21-17-8-10-18(11-9-17)28(25,26)24-12-3-2-4-13-24/h5-11,14H,2-4,12-13H2,1H3,(H,21,23). The van der Waals surface area contributed by atoms with Crippen molar-refractivity contribution in [2.75, 3.05) is 18.4 Å². The average molecular weight is 415 g/mol. The van der Waals surface area contributed by atoms with Crippen molar-refractivity contribution in [2.24, 2.45) is 0 Å². The second kappa shape index (κ2) is 7.98. The lowest BCUT2D eigenvalue weighted by Gasteiger charge is -2.25. The summed E-state index contributed by atoms with van der Waals surface area (Å²) < 4.78 is 27.0. The predicted molar refractivity (Wildman–Crippen MR) is 112 cm³/mol. The number of rotatable bonds is 5. The molecule has 3 aromatic rings. The van der Waals surface area contributed by atoms with Crippen LogP contribution >= 0.6 is 11.3 Å². The van der Waals surface area contributed by atoms with Crippen molar-refractivity contribution in [1.29, 1.82) is 0 Å².